The van der Waals surface area contributed by atoms with Gasteiger partial charge in [0.25, 0.3) is 0 Å². The number of fused-ring (bicyclic) bond motifs is 1. The number of esters is 1. The fraction of sp³-hybridized carbons (Fsp3) is 0.529. The summed E-state index contributed by atoms with van der Waals surface area (Å²) in [4.78, 5) is 22.9. The van der Waals surface area contributed by atoms with Crippen LogP contribution in [0.1, 0.15) is 30.1 Å². The van der Waals surface area contributed by atoms with E-state index in [1.807, 2.05) is 0 Å². The van der Waals surface area contributed by atoms with Crippen molar-refractivity contribution < 1.29 is 33.3 Å². The first-order chi connectivity index (χ1) is 11.5. The molecular weight excluding hydrogens is 319 g/mol. The fourth-order valence-electron chi connectivity index (χ4n) is 3.62. The largest absolute Gasteiger partial charge is 0.496 e. The molecule has 1 aromatic carbocycles. The second-order valence-corrected chi connectivity index (χ2v) is 6.10. The zero-order valence-electron chi connectivity index (χ0n) is 13.5. The van der Waals surface area contributed by atoms with Crippen molar-refractivity contribution in [2.75, 3.05) is 13.7 Å². The van der Waals surface area contributed by atoms with Gasteiger partial charge < -0.3 is 19.3 Å². The van der Waals surface area contributed by atoms with Gasteiger partial charge in [0.15, 0.2) is 11.6 Å². The summed E-state index contributed by atoms with van der Waals surface area (Å²) >= 11 is 0. The summed E-state index contributed by atoms with van der Waals surface area (Å²) < 4.78 is 29.6. The molecule has 24 heavy (non-hydrogen) atoms. The summed E-state index contributed by atoms with van der Waals surface area (Å²) in [7, 11) is 1.28. The first-order valence-corrected chi connectivity index (χ1v) is 7.90. The molecule has 2 aliphatic rings. The lowest BCUT2D eigenvalue weighted by atomic mass is 10.1. The summed E-state index contributed by atoms with van der Waals surface area (Å²) in [5.41, 5.74) is -0.151. The minimum Gasteiger partial charge on any atom is -0.496 e. The Morgan fingerprint density at radius 3 is 2.46 bits per heavy atom. The van der Waals surface area contributed by atoms with Crippen LogP contribution in [0.25, 0.3) is 0 Å². The maximum absolute atomic E-state index is 14.1. The third-order valence-electron chi connectivity index (χ3n) is 4.74. The Kier molecular flexibility index (Phi) is 4.34. The molecule has 2 fully saturated rings. The predicted octanol–water partition coefficient (Wildman–Crippen LogP) is 2.50. The summed E-state index contributed by atoms with van der Waals surface area (Å²) in [5.74, 6) is -1.85. The first kappa shape index (κ1) is 16.5. The number of methoxy groups -OCH3 is 1. The average Bonchev–Trinajstić information content (AvgIpc) is 3.05. The fourth-order valence-corrected chi connectivity index (χ4v) is 3.62. The minimum atomic E-state index is -1.21. The molecule has 1 N–H and O–H groups in total. The molecule has 0 heterocycles. The van der Waals surface area contributed by atoms with Crippen LogP contribution >= 0.6 is 0 Å². The second-order valence-electron chi connectivity index (χ2n) is 6.10. The quantitative estimate of drug-likeness (QED) is 0.803. The van der Waals surface area contributed by atoms with E-state index in [9.17, 15) is 14.0 Å². The van der Waals surface area contributed by atoms with E-state index in [0.29, 0.717) is 19.4 Å². The molecule has 0 spiro atoms. The molecular formula is C17H19FO6. The highest BCUT2D eigenvalue weighted by molar-refractivity contribution is 5.91. The SMILES string of the molecule is CCOC(=O)C1C2CC(Oc3cc(C(=O)O)c(OC)cc3F)CC21. The lowest BCUT2D eigenvalue weighted by molar-refractivity contribution is -0.145. The van der Waals surface area contributed by atoms with Crippen molar-refractivity contribution in [3.63, 3.8) is 0 Å². The molecule has 3 rings (SSSR count). The predicted molar refractivity (Wildman–Crippen MR) is 80.7 cm³/mol. The van der Waals surface area contributed by atoms with E-state index in [1.165, 1.54) is 7.11 Å². The molecule has 0 bridgehead atoms. The highest BCUT2D eigenvalue weighted by Gasteiger charge is 2.61. The minimum absolute atomic E-state index is 0.0519. The summed E-state index contributed by atoms with van der Waals surface area (Å²) in [6.45, 7) is 2.14. The number of carbonyl (C=O) groups excluding carboxylic acids is 1. The lowest BCUT2D eigenvalue weighted by Gasteiger charge is -2.18. The maximum Gasteiger partial charge on any atom is 0.339 e. The second kappa shape index (κ2) is 6.30. The molecule has 7 heteroatoms. The van der Waals surface area contributed by atoms with Gasteiger partial charge in [0.05, 0.1) is 25.7 Å². The van der Waals surface area contributed by atoms with Crippen molar-refractivity contribution in [2.24, 2.45) is 17.8 Å². The summed E-state index contributed by atoms with van der Waals surface area (Å²) in [6.07, 6.45) is 1.06. The van der Waals surface area contributed by atoms with Crippen LogP contribution in [0.2, 0.25) is 0 Å². The van der Waals surface area contributed by atoms with Crippen LogP contribution in [0.4, 0.5) is 4.39 Å². The van der Waals surface area contributed by atoms with Crippen LogP contribution in [0.15, 0.2) is 12.1 Å². The zero-order chi connectivity index (χ0) is 17.4. The van der Waals surface area contributed by atoms with E-state index in [1.54, 1.807) is 6.92 Å². The Balaban J connectivity index is 1.66. The summed E-state index contributed by atoms with van der Waals surface area (Å²) in [6, 6.07) is 2.15. The van der Waals surface area contributed by atoms with E-state index < -0.39 is 11.8 Å². The van der Waals surface area contributed by atoms with E-state index in [-0.39, 0.29) is 46.9 Å². The van der Waals surface area contributed by atoms with E-state index in [0.717, 1.165) is 12.1 Å². The number of aromatic carboxylic acids is 1. The molecule has 2 unspecified atom stereocenters. The molecule has 0 radical (unpaired) electrons. The number of benzene rings is 1. The molecule has 1 aromatic rings. The molecule has 6 nitrogen and oxygen atoms in total. The number of ether oxygens (including phenoxy) is 3. The van der Waals surface area contributed by atoms with Crippen molar-refractivity contribution in [1.29, 1.82) is 0 Å². The number of carboxylic acid groups (broad SMARTS) is 1. The number of rotatable bonds is 6. The molecule has 2 atom stereocenters. The number of hydrogen-bond acceptors (Lipinski definition) is 5. The van der Waals surface area contributed by atoms with E-state index >= 15 is 0 Å². The van der Waals surface area contributed by atoms with Gasteiger partial charge in [-0.3, -0.25) is 4.79 Å². The Bertz CT molecular complexity index is 661. The van der Waals surface area contributed by atoms with Crippen molar-refractivity contribution in [3.8, 4) is 11.5 Å². The maximum atomic E-state index is 14.1. The van der Waals surface area contributed by atoms with Gasteiger partial charge in [-0.25, -0.2) is 9.18 Å². The average molecular weight is 338 g/mol. The Morgan fingerprint density at radius 2 is 1.92 bits per heavy atom. The van der Waals surface area contributed by atoms with Crippen LogP contribution in [-0.2, 0) is 9.53 Å². The van der Waals surface area contributed by atoms with Gasteiger partial charge in [0, 0.05) is 12.1 Å². The van der Waals surface area contributed by atoms with Crippen molar-refractivity contribution in [2.45, 2.75) is 25.9 Å². The first-order valence-electron chi connectivity index (χ1n) is 7.90. The van der Waals surface area contributed by atoms with Gasteiger partial charge in [-0.1, -0.05) is 0 Å². The number of halogens is 1. The standard InChI is InChI=1S/C17H19FO6/c1-3-23-17(21)15-9-4-8(5-10(9)15)24-14-6-11(16(19)20)13(22-2)7-12(14)18/h6-10,15H,3-5H2,1-2H3,(H,19,20). The highest BCUT2D eigenvalue weighted by Crippen LogP contribution is 2.58. The third kappa shape index (κ3) is 2.90. The van der Waals surface area contributed by atoms with Crippen LogP contribution in [-0.4, -0.2) is 36.9 Å². The Labute approximate surface area is 138 Å². The smallest absolute Gasteiger partial charge is 0.339 e. The van der Waals surface area contributed by atoms with Gasteiger partial charge in [0.1, 0.15) is 11.3 Å². The van der Waals surface area contributed by atoms with E-state index in [4.69, 9.17) is 19.3 Å². The number of carboxylic acids is 1. The Morgan fingerprint density at radius 1 is 1.25 bits per heavy atom. The van der Waals surface area contributed by atoms with Crippen molar-refractivity contribution in [1.82, 2.24) is 0 Å². The van der Waals surface area contributed by atoms with Crippen LogP contribution in [0.3, 0.4) is 0 Å². The number of carbonyl (C=O) groups is 2. The van der Waals surface area contributed by atoms with Gasteiger partial charge in [-0.2, -0.15) is 0 Å². The van der Waals surface area contributed by atoms with Crippen LogP contribution in [0, 0.1) is 23.6 Å². The number of hydrogen-bond donors (Lipinski definition) is 1. The highest BCUT2D eigenvalue weighted by atomic mass is 19.1. The van der Waals surface area contributed by atoms with E-state index in [2.05, 4.69) is 0 Å². The molecule has 0 amide bonds. The summed E-state index contributed by atoms with van der Waals surface area (Å²) in [5, 5.41) is 9.16. The molecule has 130 valence electrons. The molecule has 0 aliphatic heterocycles. The third-order valence-corrected chi connectivity index (χ3v) is 4.74. The van der Waals surface area contributed by atoms with Crippen molar-refractivity contribution >= 4 is 11.9 Å². The normalized spacial score (nSPS) is 27.3. The van der Waals surface area contributed by atoms with Crippen molar-refractivity contribution in [3.05, 3.63) is 23.5 Å². The van der Waals surface area contributed by atoms with Crippen LogP contribution < -0.4 is 9.47 Å². The molecule has 2 aliphatic carbocycles. The zero-order valence-corrected chi connectivity index (χ0v) is 13.5. The van der Waals surface area contributed by atoms with Crippen LogP contribution in [0.5, 0.6) is 11.5 Å². The topological polar surface area (TPSA) is 82.1 Å². The molecule has 0 aromatic heterocycles. The van der Waals surface area contributed by atoms with Gasteiger partial charge in [-0.15, -0.1) is 0 Å². The van der Waals surface area contributed by atoms with Gasteiger partial charge in [-0.05, 0) is 31.6 Å². The van der Waals surface area contributed by atoms with Gasteiger partial charge >= 0.3 is 11.9 Å². The van der Waals surface area contributed by atoms with Gasteiger partial charge in [0.2, 0.25) is 0 Å². The lowest BCUT2D eigenvalue weighted by Crippen LogP contribution is -2.20. The molecule has 2 saturated carbocycles. The monoisotopic (exact) mass is 338 g/mol. The Hall–Kier alpha value is -2.31. The molecule has 0 saturated heterocycles.